The third-order valence-corrected chi connectivity index (χ3v) is 32.5. The van der Waals surface area contributed by atoms with E-state index in [2.05, 4.69) is 46.4 Å². The minimum Gasteiger partial charge on any atom is -0.494 e. The lowest BCUT2D eigenvalue weighted by atomic mass is 9.82. The summed E-state index contributed by atoms with van der Waals surface area (Å²) in [5.41, 5.74) is 5.13. The number of nitrogens with one attached hydrogen (secondary N) is 5. The van der Waals surface area contributed by atoms with Crippen molar-refractivity contribution in [2.75, 3.05) is 88.3 Å². The first-order valence-corrected chi connectivity index (χ1v) is 51.2. The minimum atomic E-state index is -1.99. The smallest absolute Gasteiger partial charge is 0.412 e. The number of aliphatic hydroxyl groups excluding tert-OH is 2. The average molecular weight is 1930 g/mol. The van der Waals surface area contributed by atoms with Crippen LogP contribution in [0.1, 0.15) is 207 Å². The monoisotopic (exact) mass is 1930 g/mol. The van der Waals surface area contributed by atoms with Crippen LogP contribution in [-0.4, -0.2) is 251 Å². The molecular weight excluding hydrogens is 1790 g/mol. The molecular formula is C100H138F2N12O16S4. The van der Waals surface area contributed by atoms with Gasteiger partial charge in [0.15, 0.2) is 11.3 Å². The van der Waals surface area contributed by atoms with Gasteiger partial charge in [-0.05, 0) is 268 Å². The molecule has 4 saturated heterocycles. The highest BCUT2D eigenvalue weighted by Gasteiger charge is 2.56. The van der Waals surface area contributed by atoms with Gasteiger partial charge in [0.05, 0.1) is 70.0 Å². The molecule has 6 atom stereocenters. The van der Waals surface area contributed by atoms with Crippen LogP contribution < -0.4 is 50.4 Å². The number of anilines is 2. The number of piperidine rings is 2. The Bertz CT molecular complexity index is 5030. The number of hydrogen-bond acceptors (Lipinski definition) is 23. The second-order valence-corrected chi connectivity index (χ2v) is 45.9. The van der Waals surface area contributed by atoms with Gasteiger partial charge in [0.25, 0.3) is 11.8 Å². The van der Waals surface area contributed by atoms with E-state index in [1.54, 1.807) is 77.6 Å². The number of carbonyl (C=O) groups excluding carboxylic acids is 7. The number of thioether (sulfide) groups is 2. The SMILES string of the molecule is COc1cc(OC2CCN(CC3CCC(CSC(C)(C)[C@@H](NC(=O)C4(F)CC4)C(=O)N4C[C@H](O)C[C@H]4C(=O)NCc4ccc(-c5scnc5C)cc4)CC3)CC2)ccc1N(C(=O)O)C(C)(C)C.COc1cc(OC2CCN(CC3CCC(CSC(C)(C)[C@@H](NC(=O)C4(F)CC4)C(=O)N4C[C@H](O)C[C@H]4C(=O)NCc4ccc(-c5scnc5C)cc4)CC3)CC2)ccc1NC(=O)OC(C)(C)C. The summed E-state index contributed by atoms with van der Waals surface area (Å²) in [4.78, 5) is 127. The molecule has 4 aliphatic carbocycles. The Morgan fingerprint density at radius 1 is 0.537 bits per heavy atom. The number of carboxylic acid groups (broad SMARTS) is 1. The summed E-state index contributed by atoms with van der Waals surface area (Å²) < 4.78 is 57.9. The van der Waals surface area contributed by atoms with E-state index in [4.69, 9.17) is 23.7 Å². The van der Waals surface area contributed by atoms with Crippen molar-refractivity contribution in [2.45, 2.75) is 292 Å². The molecule has 0 bridgehead atoms. The van der Waals surface area contributed by atoms with Gasteiger partial charge in [-0.3, -0.25) is 39.0 Å². The molecule has 8 amide bonds. The highest BCUT2D eigenvalue weighted by molar-refractivity contribution is 8.01. The number of hydrogen-bond donors (Lipinski definition) is 8. The molecule has 8 N–H and O–H groups in total. The Balaban J connectivity index is 0.000000227. The first kappa shape index (κ1) is 103. The molecule has 8 aliphatic rings. The molecule has 0 radical (unpaired) electrons. The Kier molecular flexibility index (Phi) is 33.9. The van der Waals surface area contributed by atoms with Crippen LogP contribution in [0.2, 0.25) is 0 Å². The lowest BCUT2D eigenvalue weighted by Gasteiger charge is -2.39. The van der Waals surface area contributed by atoms with Gasteiger partial charge in [-0.1, -0.05) is 48.5 Å². The number of amides is 8. The predicted molar refractivity (Wildman–Crippen MR) is 521 cm³/mol. The van der Waals surface area contributed by atoms with Crippen molar-refractivity contribution < 1.29 is 86.1 Å². The lowest BCUT2D eigenvalue weighted by molar-refractivity contribution is -0.143. The van der Waals surface area contributed by atoms with Crippen LogP contribution in [0.4, 0.5) is 29.7 Å². The van der Waals surface area contributed by atoms with Gasteiger partial charge in [0.1, 0.15) is 65.0 Å². The van der Waals surface area contributed by atoms with E-state index in [9.17, 15) is 53.7 Å². The van der Waals surface area contributed by atoms with Gasteiger partial charge in [-0.2, -0.15) is 23.5 Å². The quantitative estimate of drug-likeness (QED) is 0.0186. The molecule has 34 heteroatoms. The summed E-state index contributed by atoms with van der Waals surface area (Å²) in [6.45, 7) is 28.7. The fraction of sp³-hybridized carbons (Fsp3) is 0.620. The lowest BCUT2D eigenvalue weighted by Crippen LogP contribution is -2.61. The fourth-order valence-corrected chi connectivity index (χ4v) is 23.3. The normalized spacial score (nSPS) is 22.7. The maximum atomic E-state index is 15.2. The van der Waals surface area contributed by atoms with E-state index in [1.807, 2.05) is 155 Å². The van der Waals surface area contributed by atoms with E-state index in [1.165, 1.54) is 21.8 Å². The first-order chi connectivity index (χ1) is 63.5. The van der Waals surface area contributed by atoms with Gasteiger partial charge >= 0.3 is 12.2 Å². The Hall–Kier alpha value is -8.90. The Labute approximate surface area is 803 Å². The molecule has 4 aromatic carbocycles. The maximum Gasteiger partial charge on any atom is 0.412 e. The van der Waals surface area contributed by atoms with Crippen molar-refractivity contribution in [1.82, 2.24) is 50.8 Å². The second kappa shape index (κ2) is 44.3. The molecule has 4 saturated carbocycles. The number of halogens is 2. The summed E-state index contributed by atoms with van der Waals surface area (Å²) in [7, 11) is 3.09. The molecule has 28 nitrogen and oxygen atoms in total. The number of rotatable bonds is 34. The van der Waals surface area contributed by atoms with Crippen molar-refractivity contribution in [3.63, 3.8) is 0 Å². The van der Waals surface area contributed by atoms with E-state index in [0.29, 0.717) is 58.0 Å². The summed E-state index contributed by atoms with van der Waals surface area (Å²) in [5.74, 6) is 2.50. The largest absolute Gasteiger partial charge is 0.494 e. The van der Waals surface area contributed by atoms with E-state index >= 15 is 8.78 Å². The highest BCUT2D eigenvalue weighted by atomic mass is 32.2. The first-order valence-electron chi connectivity index (χ1n) is 47.5. The minimum absolute atomic E-state index is 0.0494. The topological polar surface area (TPSA) is 346 Å². The number of β-amino-alcohol motifs (C(OH)–C–C–N with tert-alkyl or cyclic N) is 2. The van der Waals surface area contributed by atoms with E-state index in [0.717, 1.165) is 171 Å². The van der Waals surface area contributed by atoms with Gasteiger partial charge < -0.3 is 79.9 Å². The van der Waals surface area contributed by atoms with Gasteiger partial charge in [0.2, 0.25) is 23.6 Å². The van der Waals surface area contributed by atoms with Gasteiger partial charge in [-0.25, -0.2) is 28.3 Å². The maximum absolute atomic E-state index is 15.2. The van der Waals surface area contributed by atoms with Crippen LogP contribution >= 0.6 is 46.2 Å². The summed E-state index contributed by atoms with van der Waals surface area (Å²) >= 11 is 6.36. The summed E-state index contributed by atoms with van der Waals surface area (Å²) in [6, 6.07) is 22.4. The van der Waals surface area contributed by atoms with Crippen LogP contribution in [-0.2, 0) is 46.6 Å². The van der Waals surface area contributed by atoms with E-state index < -0.39 is 110 Å². The van der Waals surface area contributed by atoms with Gasteiger partial charge in [0, 0.05) is 105 Å². The number of aromatic nitrogens is 2. The molecule has 6 heterocycles. The van der Waals surface area contributed by atoms with Crippen molar-refractivity contribution in [2.24, 2.45) is 23.7 Å². The number of methoxy groups -OCH3 is 2. The number of alkyl halides is 2. The number of thiazole rings is 2. The van der Waals surface area contributed by atoms with Crippen LogP contribution in [0.25, 0.3) is 20.9 Å². The number of benzene rings is 4. The molecule has 0 unspecified atom stereocenters. The Morgan fingerprint density at radius 2 is 0.925 bits per heavy atom. The zero-order chi connectivity index (χ0) is 96.4. The summed E-state index contributed by atoms with van der Waals surface area (Å²) in [5, 5.41) is 45.7. The van der Waals surface area contributed by atoms with Crippen LogP contribution in [0.5, 0.6) is 23.0 Å². The molecule has 8 fully saturated rings. The number of nitrogens with zero attached hydrogens (tertiary/aromatic N) is 7. The van der Waals surface area contributed by atoms with Crippen molar-refractivity contribution >= 4 is 105 Å². The molecule has 6 aromatic rings. The highest BCUT2D eigenvalue weighted by Crippen LogP contribution is 2.46. The molecule has 4 aliphatic heterocycles. The third kappa shape index (κ3) is 27.1. The number of likely N-dealkylation sites (tertiary alicyclic amines) is 4. The zero-order valence-electron chi connectivity index (χ0n) is 80.0. The van der Waals surface area contributed by atoms with Crippen LogP contribution in [0, 0.1) is 37.5 Å². The van der Waals surface area contributed by atoms with Crippen molar-refractivity contribution in [3.05, 3.63) is 118 Å². The standard InChI is InChI=1S/2C50H69FN6O8S2/c1-31-42(66-30-53-31)35-14-12-32(13-15-35)26-52-44(59)40-24-36(58)28-56(40)45(60)43(54-46(61)50(51)20-21-50)49(5,6)67-29-34-10-8-33(9-11-34)27-55-22-18-37(19-23-55)65-38-16-17-39(41(25-38)64-7)57(47(62)63)48(2,3)4;1-31-42(66-30-53-31)35-14-12-32(13-15-35)26-52-44(59)40-24-36(58)28-57(40)45(60)43(55-46(61)50(51)20-21-50)49(5,6)67-29-34-10-8-33(9-11-34)27-56-22-18-37(19-23-56)64-38-16-17-39(41(25-38)63-7)54-47(62)65-48(2,3)4/h12-17,25,30,33-34,36-37,40,43,58H,8-11,18-24,26-29H2,1-7H3,(H,52,59)(H,54,61)(H,62,63);12-17,25,30,33-34,36-37,40,43,58H,8-11,18-24,26-29H2,1-7H3,(H,52,59)(H,54,62)(H,55,61)/t2*33?,34?,36-,40+,43+/m11/s1. The van der Waals surface area contributed by atoms with Gasteiger partial charge in [-0.15, -0.1) is 22.7 Å². The predicted octanol–water partition coefficient (Wildman–Crippen LogP) is 15.7. The third-order valence-electron chi connectivity index (χ3n) is 27.3. The molecule has 14 rings (SSSR count). The van der Waals surface area contributed by atoms with E-state index in [-0.39, 0.29) is 82.8 Å². The number of carbonyl (C=O) groups is 8. The number of ether oxygens (including phenoxy) is 5. The second-order valence-electron chi connectivity index (χ2n) is 40.8. The van der Waals surface area contributed by atoms with Crippen LogP contribution in [0.3, 0.4) is 0 Å². The zero-order valence-corrected chi connectivity index (χ0v) is 83.3. The van der Waals surface area contributed by atoms with Crippen LogP contribution in [0.15, 0.2) is 96.0 Å². The fourth-order valence-electron chi connectivity index (χ4n) is 19.0. The molecule has 732 valence electrons. The molecule has 134 heavy (non-hydrogen) atoms. The Morgan fingerprint density at radius 3 is 1.28 bits per heavy atom. The number of aryl methyl sites for hydroxylation is 2. The summed E-state index contributed by atoms with van der Waals surface area (Å²) in [6.07, 6.45) is 9.48. The molecule has 2 aromatic heterocycles. The van der Waals surface area contributed by atoms with Crippen molar-refractivity contribution in [1.29, 1.82) is 0 Å². The molecule has 0 spiro atoms. The number of aliphatic hydroxyl groups is 2. The van der Waals surface area contributed by atoms with Crippen molar-refractivity contribution in [3.8, 4) is 43.9 Å². The average Bonchev–Trinajstić information content (AvgIpc) is 1.66.